The fraction of sp³-hybridized carbons (Fsp3) is 0.182. The SMILES string of the molecule is CC(=O)C(=O)N1C(=O)COc2ccc(N)cc21. The van der Waals surface area contributed by atoms with Crippen molar-refractivity contribution in [3.05, 3.63) is 18.2 Å². The largest absolute Gasteiger partial charge is 0.482 e. The fourth-order valence-corrected chi connectivity index (χ4v) is 1.55. The van der Waals surface area contributed by atoms with E-state index >= 15 is 0 Å². The van der Waals surface area contributed by atoms with Crippen LogP contribution in [0.15, 0.2) is 18.2 Å². The summed E-state index contributed by atoms with van der Waals surface area (Å²) >= 11 is 0. The molecule has 0 atom stereocenters. The molecule has 1 aromatic rings. The van der Waals surface area contributed by atoms with Crippen LogP contribution in [0.5, 0.6) is 5.75 Å². The minimum Gasteiger partial charge on any atom is -0.482 e. The molecule has 0 aliphatic carbocycles. The second-order valence-electron chi connectivity index (χ2n) is 3.61. The molecule has 17 heavy (non-hydrogen) atoms. The minimum absolute atomic E-state index is 0.210. The van der Waals surface area contributed by atoms with Crippen LogP contribution >= 0.6 is 0 Å². The minimum atomic E-state index is -0.884. The second-order valence-corrected chi connectivity index (χ2v) is 3.61. The molecule has 2 rings (SSSR count). The van der Waals surface area contributed by atoms with Crippen molar-refractivity contribution in [1.82, 2.24) is 0 Å². The molecule has 0 bridgehead atoms. The lowest BCUT2D eigenvalue weighted by Gasteiger charge is -2.27. The smallest absolute Gasteiger partial charge is 0.301 e. The highest BCUT2D eigenvalue weighted by Gasteiger charge is 2.32. The van der Waals surface area contributed by atoms with E-state index in [1.807, 2.05) is 0 Å². The molecule has 1 aliphatic heterocycles. The zero-order chi connectivity index (χ0) is 12.6. The van der Waals surface area contributed by atoms with E-state index in [-0.39, 0.29) is 12.3 Å². The number of fused-ring (bicyclic) bond motifs is 1. The van der Waals surface area contributed by atoms with Gasteiger partial charge in [0.1, 0.15) is 5.75 Å². The van der Waals surface area contributed by atoms with Crippen molar-refractivity contribution in [3.63, 3.8) is 0 Å². The second kappa shape index (κ2) is 3.89. The van der Waals surface area contributed by atoms with E-state index in [9.17, 15) is 14.4 Å². The third-order valence-corrected chi connectivity index (χ3v) is 2.33. The summed E-state index contributed by atoms with van der Waals surface area (Å²) in [6, 6.07) is 4.57. The first-order valence-electron chi connectivity index (χ1n) is 4.91. The third-order valence-electron chi connectivity index (χ3n) is 2.33. The molecule has 2 N–H and O–H groups in total. The molecule has 0 unspecified atom stereocenters. The number of carbonyl (C=O) groups excluding carboxylic acids is 3. The molecule has 6 nitrogen and oxygen atoms in total. The first-order chi connectivity index (χ1) is 8.00. The number of nitrogen functional groups attached to an aromatic ring is 1. The van der Waals surface area contributed by atoms with Gasteiger partial charge in [0.05, 0.1) is 5.69 Å². The number of hydrogen-bond acceptors (Lipinski definition) is 5. The molecule has 88 valence electrons. The van der Waals surface area contributed by atoms with Gasteiger partial charge in [-0.05, 0) is 18.2 Å². The molecule has 1 aromatic carbocycles. The molecule has 1 aliphatic rings. The van der Waals surface area contributed by atoms with Gasteiger partial charge in [-0.1, -0.05) is 0 Å². The van der Waals surface area contributed by atoms with E-state index in [0.717, 1.165) is 11.8 Å². The number of anilines is 2. The van der Waals surface area contributed by atoms with E-state index in [1.165, 1.54) is 6.07 Å². The van der Waals surface area contributed by atoms with Gasteiger partial charge in [-0.15, -0.1) is 0 Å². The van der Waals surface area contributed by atoms with E-state index in [4.69, 9.17) is 10.5 Å². The van der Waals surface area contributed by atoms with Gasteiger partial charge in [0.25, 0.3) is 5.91 Å². The van der Waals surface area contributed by atoms with Crippen LogP contribution in [0.3, 0.4) is 0 Å². The topological polar surface area (TPSA) is 89.7 Å². The van der Waals surface area contributed by atoms with Crippen LogP contribution in [0.25, 0.3) is 0 Å². The third kappa shape index (κ3) is 1.84. The van der Waals surface area contributed by atoms with Crippen molar-refractivity contribution in [1.29, 1.82) is 0 Å². The van der Waals surface area contributed by atoms with Gasteiger partial charge in [-0.2, -0.15) is 0 Å². The van der Waals surface area contributed by atoms with Crippen LogP contribution < -0.4 is 15.4 Å². The first-order valence-corrected chi connectivity index (χ1v) is 4.91. The summed E-state index contributed by atoms with van der Waals surface area (Å²) in [5, 5.41) is 0. The van der Waals surface area contributed by atoms with Crippen molar-refractivity contribution >= 4 is 29.0 Å². The summed E-state index contributed by atoms with van der Waals surface area (Å²) in [6.45, 7) is 0.840. The zero-order valence-electron chi connectivity index (χ0n) is 9.10. The zero-order valence-corrected chi connectivity index (χ0v) is 9.10. The molecule has 2 amide bonds. The van der Waals surface area contributed by atoms with Gasteiger partial charge >= 0.3 is 5.91 Å². The van der Waals surface area contributed by atoms with E-state index in [0.29, 0.717) is 11.4 Å². The van der Waals surface area contributed by atoms with Crippen molar-refractivity contribution in [2.45, 2.75) is 6.92 Å². The lowest BCUT2D eigenvalue weighted by molar-refractivity contribution is -0.138. The number of ether oxygens (including phenoxy) is 1. The Balaban J connectivity index is 2.53. The molecular weight excluding hydrogens is 224 g/mol. The Labute approximate surface area is 96.9 Å². The maximum Gasteiger partial charge on any atom is 0.301 e. The number of Topliss-reactive ketones (excluding diaryl/α,β-unsaturated/α-hetero) is 1. The van der Waals surface area contributed by atoms with Crippen molar-refractivity contribution in [3.8, 4) is 5.75 Å². The van der Waals surface area contributed by atoms with Crippen LogP contribution in [0.1, 0.15) is 6.92 Å². The summed E-state index contributed by atoms with van der Waals surface area (Å²) in [5.74, 6) is -1.82. The maximum atomic E-state index is 11.6. The Bertz CT molecular complexity index is 524. The summed E-state index contributed by atoms with van der Waals surface area (Å²) in [7, 11) is 0. The average Bonchev–Trinajstić information content (AvgIpc) is 2.27. The van der Waals surface area contributed by atoms with Gasteiger partial charge in [-0.25, -0.2) is 4.90 Å². The summed E-state index contributed by atoms with van der Waals surface area (Å²) in [5.41, 5.74) is 6.16. The molecule has 1 heterocycles. The molecule has 0 saturated carbocycles. The molecule has 0 aromatic heterocycles. The Kier molecular flexibility index (Phi) is 2.55. The van der Waals surface area contributed by atoms with Crippen molar-refractivity contribution in [2.24, 2.45) is 0 Å². The van der Waals surface area contributed by atoms with Crippen LogP contribution in [0, 0.1) is 0 Å². The van der Waals surface area contributed by atoms with Crippen molar-refractivity contribution in [2.75, 3.05) is 17.2 Å². The molecule has 0 radical (unpaired) electrons. The number of nitrogens with zero attached hydrogens (tertiary/aromatic N) is 1. The van der Waals surface area contributed by atoms with Gasteiger partial charge < -0.3 is 10.5 Å². The van der Waals surface area contributed by atoms with Crippen LogP contribution in [0.2, 0.25) is 0 Å². The van der Waals surface area contributed by atoms with Crippen molar-refractivity contribution < 1.29 is 19.1 Å². The fourth-order valence-electron chi connectivity index (χ4n) is 1.55. The molecule has 6 heteroatoms. The average molecular weight is 234 g/mol. The Hall–Kier alpha value is -2.37. The van der Waals surface area contributed by atoms with Crippen LogP contribution in [-0.4, -0.2) is 24.2 Å². The van der Waals surface area contributed by atoms with Gasteiger partial charge in [0.15, 0.2) is 6.61 Å². The molecular formula is C11H10N2O4. The molecule has 0 saturated heterocycles. The number of nitrogens with two attached hydrogens (primary N) is 1. The quantitative estimate of drug-likeness (QED) is 0.550. The monoisotopic (exact) mass is 234 g/mol. The van der Waals surface area contributed by atoms with Gasteiger partial charge in [0, 0.05) is 12.6 Å². The lowest BCUT2D eigenvalue weighted by Crippen LogP contribution is -2.45. The predicted molar refractivity (Wildman–Crippen MR) is 59.5 cm³/mol. The van der Waals surface area contributed by atoms with E-state index in [2.05, 4.69) is 0 Å². The first kappa shape index (κ1) is 11.1. The highest BCUT2D eigenvalue weighted by Crippen LogP contribution is 2.33. The van der Waals surface area contributed by atoms with Crippen LogP contribution in [0.4, 0.5) is 11.4 Å². The highest BCUT2D eigenvalue weighted by molar-refractivity contribution is 6.45. The summed E-state index contributed by atoms with van der Waals surface area (Å²) < 4.78 is 5.14. The van der Waals surface area contributed by atoms with Gasteiger partial charge in [0.2, 0.25) is 5.78 Å². The van der Waals surface area contributed by atoms with Gasteiger partial charge in [-0.3, -0.25) is 14.4 Å². The summed E-state index contributed by atoms with van der Waals surface area (Å²) in [6.07, 6.45) is 0. The Morgan fingerprint density at radius 3 is 2.76 bits per heavy atom. The number of rotatable bonds is 1. The maximum absolute atomic E-state index is 11.6. The number of imide groups is 1. The highest BCUT2D eigenvalue weighted by atomic mass is 16.5. The lowest BCUT2D eigenvalue weighted by atomic mass is 10.2. The Morgan fingerprint density at radius 1 is 1.41 bits per heavy atom. The normalized spacial score (nSPS) is 13.9. The number of ketones is 1. The number of hydrogen-bond donors (Lipinski definition) is 1. The molecule has 0 fully saturated rings. The predicted octanol–water partition coefficient (Wildman–Crippen LogP) is 0.110. The number of carbonyl (C=O) groups is 3. The van der Waals surface area contributed by atoms with E-state index < -0.39 is 17.6 Å². The standard InChI is InChI=1S/C11H10N2O4/c1-6(14)11(16)13-8-4-7(12)2-3-9(8)17-5-10(13)15/h2-4H,5,12H2,1H3. The molecule has 0 spiro atoms. The van der Waals surface area contributed by atoms with Crippen LogP contribution in [-0.2, 0) is 14.4 Å². The number of benzene rings is 1. The number of amides is 2. The Morgan fingerprint density at radius 2 is 2.12 bits per heavy atom. The summed E-state index contributed by atoms with van der Waals surface area (Å²) in [4.78, 5) is 35.1. The van der Waals surface area contributed by atoms with E-state index in [1.54, 1.807) is 12.1 Å².